The Hall–Kier alpha value is -1.78. The summed E-state index contributed by atoms with van der Waals surface area (Å²) in [5, 5.41) is 3.09. The van der Waals surface area contributed by atoms with Crippen LogP contribution in [0.3, 0.4) is 0 Å². The van der Waals surface area contributed by atoms with Gasteiger partial charge in [0.25, 0.3) is 0 Å². The third kappa shape index (κ3) is 3.76. The van der Waals surface area contributed by atoms with E-state index in [1.807, 2.05) is 31.1 Å². The lowest BCUT2D eigenvalue weighted by Gasteiger charge is -2.11. The number of hydrogen-bond donors (Lipinski definition) is 1. The monoisotopic (exact) mass is 223 g/mol. The molecule has 0 spiro atoms. The van der Waals surface area contributed by atoms with Gasteiger partial charge in [0.1, 0.15) is 5.82 Å². The Morgan fingerprint density at radius 3 is 2.75 bits per heavy atom. The van der Waals surface area contributed by atoms with E-state index in [4.69, 9.17) is 0 Å². The van der Waals surface area contributed by atoms with Crippen molar-refractivity contribution in [3.05, 3.63) is 18.3 Å². The number of pyridine rings is 1. The van der Waals surface area contributed by atoms with E-state index >= 15 is 0 Å². The molecule has 0 atom stereocenters. The van der Waals surface area contributed by atoms with Gasteiger partial charge in [-0.1, -0.05) is 0 Å². The van der Waals surface area contributed by atoms with Crippen molar-refractivity contribution in [2.24, 2.45) is 0 Å². The molecule has 88 valence electrons. The van der Waals surface area contributed by atoms with Crippen molar-refractivity contribution in [3.8, 4) is 0 Å². The zero-order valence-electron chi connectivity index (χ0n) is 9.86. The first kappa shape index (κ1) is 12.3. The fourth-order valence-corrected chi connectivity index (χ4v) is 1.17. The van der Waals surface area contributed by atoms with Gasteiger partial charge >= 0.3 is 5.97 Å². The molecule has 0 aliphatic carbocycles. The standard InChI is InChI=1S/C11H17N3O2/c1-14(2)10-5-4-9(8-13-10)12-7-6-11(15)16-3/h4-5,8,12H,6-7H2,1-3H3. The van der Waals surface area contributed by atoms with Crippen molar-refractivity contribution in [1.82, 2.24) is 4.98 Å². The summed E-state index contributed by atoms with van der Waals surface area (Å²) in [6, 6.07) is 3.85. The van der Waals surface area contributed by atoms with Crippen LogP contribution in [0.15, 0.2) is 18.3 Å². The van der Waals surface area contributed by atoms with Crippen molar-refractivity contribution in [2.75, 3.05) is 38.0 Å². The van der Waals surface area contributed by atoms with Gasteiger partial charge in [-0.2, -0.15) is 0 Å². The Bertz CT molecular complexity index is 336. The number of nitrogens with one attached hydrogen (secondary N) is 1. The molecule has 1 aromatic heterocycles. The van der Waals surface area contributed by atoms with Crippen LogP contribution in [0.1, 0.15) is 6.42 Å². The molecule has 5 nitrogen and oxygen atoms in total. The molecular weight excluding hydrogens is 206 g/mol. The number of esters is 1. The molecule has 1 heterocycles. The number of ether oxygens (including phenoxy) is 1. The van der Waals surface area contributed by atoms with Crippen LogP contribution in [0.2, 0.25) is 0 Å². The second-order valence-electron chi connectivity index (χ2n) is 3.55. The van der Waals surface area contributed by atoms with E-state index in [0.717, 1.165) is 11.5 Å². The van der Waals surface area contributed by atoms with Gasteiger partial charge in [0.2, 0.25) is 0 Å². The molecule has 0 saturated heterocycles. The van der Waals surface area contributed by atoms with Gasteiger partial charge in [-0.05, 0) is 12.1 Å². The summed E-state index contributed by atoms with van der Waals surface area (Å²) in [6.07, 6.45) is 2.10. The van der Waals surface area contributed by atoms with Gasteiger partial charge in [-0.25, -0.2) is 4.98 Å². The van der Waals surface area contributed by atoms with E-state index in [2.05, 4.69) is 15.0 Å². The van der Waals surface area contributed by atoms with Crippen LogP contribution in [0, 0.1) is 0 Å². The van der Waals surface area contributed by atoms with Gasteiger partial charge < -0.3 is 15.0 Å². The van der Waals surface area contributed by atoms with Crippen molar-refractivity contribution in [2.45, 2.75) is 6.42 Å². The van der Waals surface area contributed by atoms with Crippen LogP contribution >= 0.6 is 0 Å². The summed E-state index contributed by atoms with van der Waals surface area (Å²) in [4.78, 5) is 17.0. The highest BCUT2D eigenvalue weighted by atomic mass is 16.5. The van der Waals surface area contributed by atoms with E-state index in [1.54, 1.807) is 6.20 Å². The molecule has 1 rings (SSSR count). The molecule has 0 aliphatic heterocycles. The lowest BCUT2D eigenvalue weighted by Crippen LogP contribution is -2.12. The topological polar surface area (TPSA) is 54.5 Å². The molecule has 1 aromatic rings. The van der Waals surface area contributed by atoms with Crippen molar-refractivity contribution in [1.29, 1.82) is 0 Å². The maximum Gasteiger partial charge on any atom is 0.307 e. The molecule has 0 unspecified atom stereocenters. The average Bonchev–Trinajstić information content (AvgIpc) is 2.29. The lowest BCUT2D eigenvalue weighted by atomic mass is 10.3. The van der Waals surface area contributed by atoms with E-state index in [-0.39, 0.29) is 5.97 Å². The van der Waals surface area contributed by atoms with Gasteiger partial charge in [0, 0.05) is 20.6 Å². The highest BCUT2D eigenvalue weighted by Gasteiger charge is 2.00. The van der Waals surface area contributed by atoms with Crippen LogP contribution in [0.25, 0.3) is 0 Å². The first-order valence-corrected chi connectivity index (χ1v) is 5.07. The third-order valence-corrected chi connectivity index (χ3v) is 2.09. The SMILES string of the molecule is COC(=O)CCNc1ccc(N(C)C)nc1. The second-order valence-corrected chi connectivity index (χ2v) is 3.55. The number of hydrogen-bond acceptors (Lipinski definition) is 5. The largest absolute Gasteiger partial charge is 0.469 e. The van der Waals surface area contributed by atoms with Crippen LogP contribution in [-0.4, -0.2) is 38.7 Å². The maximum atomic E-state index is 10.9. The number of anilines is 2. The number of carbonyl (C=O) groups is 1. The van der Waals surface area contributed by atoms with Gasteiger partial charge in [0.05, 0.1) is 25.4 Å². The third-order valence-electron chi connectivity index (χ3n) is 2.09. The van der Waals surface area contributed by atoms with E-state index in [9.17, 15) is 4.79 Å². The molecule has 0 radical (unpaired) electrons. The van der Waals surface area contributed by atoms with Gasteiger partial charge in [0.15, 0.2) is 0 Å². The zero-order chi connectivity index (χ0) is 12.0. The second kappa shape index (κ2) is 5.95. The Labute approximate surface area is 95.4 Å². The highest BCUT2D eigenvalue weighted by molar-refractivity contribution is 5.69. The van der Waals surface area contributed by atoms with E-state index < -0.39 is 0 Å². The molecule has 0 fully saturated rings. The molecule has 0 aliphatic rings. The first-order chi connectivity index (χ1) is 7.63. The Morgan fingerprint density at radius 1 is 1.50 bits per heavy atom. The normalized spacial score (nSPS) is 9.69. The summed E-state index contributed by atoms with van der Waals surface area (Å²) in [7, 11) is 5.26. The molecule has 16 heavy (non-hydrogen) atoms. The quantitative estimate of drug-likeness (QED) is 0.758. The summed E-state index contributed by atoms with van der Waals surface area (Å²) in [5.74, 6) is 0.684. The summed E-state index contributed by atoms with van der Waals surface area (Å²) in [5.41, 5.74) is 0.898. The number of carbonyl (C=O) groups excluding carboxylic acids is 1. The van der Waals surface area contributed by atoms with Crippen molar-refractivity contribution >= 4 is 17.5 Å². The summed E-state index contributed by atoms with van der Waals surface area (Å²) in [6.45, 7) is 0.551. The lowest BCUT2D eigenvalue weighted by molar-refractivity contribution is -0.140. The molecule has 0 aromatic carbocycles. The van der Waals surface area contributed by atoms with Crippen LogP contribution in [0.5, 0.6) is 0 Å². The number of methoxy groups -OCH3 is 1. The molecule has 1 N–H and O–H groups in total. The van der Waals surface area contributed by atoms with E-state index in [1.165, 1.54) is 7.11 Å². The Kier molecular flexibility index (Phi) is 4.57. The van der Waals surface area contributed by atoms with Crippen LogP contribution in [-0.2, 0) is 9.53 Å². The maximum absolute atomic E-state index is 10.9. The molecule has 0 saturated carbocycles. The van der Waals surface area contributed by atoms with Crippen molar-refractivity contribution in [3.63, 3.8) is 0 Å². The van der Waals surface area contributed by atoms with Gasteiger partial charge in [-0.3, -0.25) is 4.79 Å². The predicted molar refractivity (Wildman–Crippen MR) is 63.7 cm³/mol. The Balaban J connectivity index is 2.40. The smallest absolute Gasteiger partial charge is 0.307 e. The summed E-state index contributed by atoms with van der Waals surface area (Å²) < 4.78 is 4.54. The van der Waals surface area contributed by atoms with E-state index in [0.29, 0.717) is 13.0 Å². The number of aromatic nitrogens is 1. The fraction of sp³-hybridized carbons (Fsp3) is 0.455. The molecule has 5 heteroatoms. The minimum absolute atomic E-state index is 0.217. The predicted octanol–water partition coefficient (Wildman–Crippen LogP) is 1.12. The molecule has 0 amide bonds. The summed E-state index contributed by atoms with van der Waals surface area (Å²) >= 11 is 0. The Morgan fingerprint density at radius 2 is 2.25 bits per heavy atom. The average molecular weight is 223 g/mol. The zero-order valence-corrected chi connectivity index (χ0v) is 9.86. The first-order valence-electron chi connectivity index (χ1n) is 5.07. The fourth-order valence-electron chi connectivity index (χ4n) is 1.17. The van der Waals surface area contributed by atoms with Crippen molar-refractivity contribution < 1.29 is 9.53 Å². The van der Waals surface area contributed by atoms with Crippen LogP contribution in [0.4, 0.5) is 11.5 Å². The highest BCUT2D eigenvalue weighted by Crippen LogP contribution is 2.11. The number of rotatable bonds is 5. The number of nitrogens with zero attached hydrogens (tertiary/aromatic N) is 2. The van der Waals surface area contributed by atoms with Crippen LogP contribution < -0.4 is 10.2 Å². The minimum Gasteiger partial charge on any atom is -0.469 e. The molecular formula is C11H17N3O2. The molecule has 0 bridgehead atoms. The minimum atomic E-state index is -0.217. The van der Waals surface area contributed by atoms with Gasteiger partial charge in [-0.15, -0.1) is 0 Å².